The molecule has 1 amide bonds. The van der Waals surface area contributed by atoms with Gasteiger partial charge < -0.3 is 10.6 Å². The minimum atomic E-state index is 0.205. The quantitative estimate of drug-likeness (QED) is 0.775. The van der Waals surface area contributed by atoms with Crippen LogP contribution < -0.4 is 5.73 Å². The van der Waals surface area contributed by atoms with Crippen LogP contribution in [0.5, 0.6) is 0 Å². The van der Waals surface area contributed by atoms with Crippen molar-refractivity contribution in [2.45, 2.75) is 52.4 Å². The minimum Gasteiger partial charge on any atom is -0.342 e. The van der Waals surface area contributed by atoms with E-state index in [1.807, 2.05) is 0 Å². The van der Waals surface area contributed by atoms with Gasteiger partial charge in [-0.3, -0.25) is 4.79 Å². The number of amides is 1. The van der Waals surface area contributed by atoms with Gasteiger partial charge in [-0.15, -0.1) is 0 Å². The van der Waals surface area contributed by atoms with Crippen LogP contribution >= 0.6 is 0 Å². The van der Waals surface area contributed by atoms with Gasteiger partial charge >= 0.3 is 0 Å². The van der Waals surface area contributed by atoms with Crippen molar-refractivity contribution in [2.75, 3.05) is 19.6 Å². The summed E-state index contributed by atoms with van der Waals surface area (Å²) in [6.07, 6.45) is 6.58. The van der Waals surface area contributed by atoms with E-state index in [0.29, 0.717) is 18.4 Å². The third kappa shape index (κ3) is 5.07. The third-order valence-electron chi connectivity index (χ3n) is 3.53. The van der Waals surface area contributed by atoms with Crippen LogP contribution in [0.25, 0.3) is 0 Å². The molecule has 100 valence electrons. The number of rotatable bonds is 6. The maximum atomic E-state index is 12.4. The first-order valence-electron chi connectivity index (χ1n) is 7.14. The molecule has 0 bridgehead atoms. The van der Waals surface area contributed by atoms with Gasteiger partial charge in [-0.05, 0) is 51.0 Å². The molecule has 1 heterocycles. The van der Waals surface area contributed by atoms with Gasteiger partial charge in [0.05, 0.1) is 0 Å². The molecule has 2 N–H and O–H groups in total. The van der Waals surface area contributed by atoms with E-state index in [1.54, 1.807) is 0 Å². The number of likely N-dealkylation sites (tertiary alicyclic amines) is 1. The molecule has 0 aromatic rings. The van der Waals surface area contributed by atoms with Crippen LogP contribution in [-0.2, 0) is 4.79 Å². The Morgan fingerprint density at radius 1 is 1.24 bits per heavy atom. The van der Waals surface area contributed by atoms with Crippen LogP contribution in [0.4, 0.5) is 0 Å². The Labute approximate surface area is 106 Å². The Kier molecular flexibility index (Phi) is 6.56. The van der Waals surface area contributed by atoms with E-state index >= 15 is 0 Å². The van der Waals surface area contributed by atoms with Gasteiger partial charge in [0.1, 0.15) is 0 Å². The maximum absolute atomic E-state index is 12.4. The van der Waals surface area contributed by atoms with Crippen molar-refractivity contribution in [3.05, 3.63) is 0 Å². The van der Waals surface area contributed by atoms with Crippen LogP contribution in [0.2, 0.25) is 0 Å². The third-order valence-corrected chi connectivity index (χ3v) is 3.53. The molecule has 0 spiro atoms. The second kappa shape index (κ2) is 7.70. The van der Waals surface area contributed by atoms with Crippen LogP contribution in [-0.4, -0.2) is 30.4 Å². The molecule has 1 rings (SSSR count). The number of nitrogens with zero attached hydrogens (tertiary/aromatic N) is 1. The Morgan fingerprint density at radius 2 is 1.88 bits per heavy atom. The summed E-state index contributed by atoms with van der Waals surface area (Å²) in [6.45, 7) is 7.02. The number of carbonyl (C=O) groups excluding carboxylic acids is 1. The average Bonchev–Trinajstić information content (AvgIpc) is 2.34. The van der Waals surface area contributed by atoms with E-state index in [4.69, 9.17) is 5.73 Å². The molecule has 0 aromatic heterocycles. The molecule has 3 nitrogen and oxygen atoms in total. The molecule has 1 fully saturated rings. The summed E-state index contributed by atoms with van der Waals surface area (Å²) in [7, 11) is 0. The molecule has 0 aliphatic carbocycles. The molecule has 3 heteroatoms. The van der Waals surface area contributed by atoms with Crippen LogP contribution in [0.3, 0.4) is 0 Å². The molecule has 1 unspecified atom stereocenters. The van der Waals surface area contributed by atoms with Crippen molar-refractivity contribution < 1.29 is 4.79 Å². The van der Waals surface area contributed by atoms with Gasteiger partial charge in [0.25, 0.3) is 0 Å². The zero-order valence-corrected chi connectivity index (χ0v) is 11.5. The number of carbonyl (C=O) groups is 1. The second-order valence-corrected chi connectivity index (χ2v) is 5.64. The molecular weight excluding hydrogens is 212 g/mol. The average molecular weight is 240 g/mol. The van der Waals surface area contributed by atoms with Gasteiger partial charge in [0, 0.05) is 19.0 Å². The molecule has 1 saturated heterocycles. The summed E-state index contributed by atoms with van der Waals surface area (Å²) < 4.78 is 0. The minimum absolute atomic E-state index is 0.205. The van der Waals surface area contributed by atoms with E-state index in [9.17, 15) is 4.79 Å². The molecule has 0 aromatic carbocycles. The Hall–Kier alpha value is -0.570. The fourth-order valence-electron chi connectivity index (χ4n) is 2.65. The lowest BCUT2D eigenvalue weighted by Gasteiger charge is -2.31. The smallest absolute Gasteiger partial charge is 0.225 e. The highest BCUT2D eigenvalue weighted by Crippen LogP contribution is 2.21. The van der Waals surface area contributed by atoms with E-state index in [0.717, 1.165) is 32.4 Å². The van der Waals surface area contributed by atoms with Gasteiger partial charge in [0.15, 0.2) is 0 Å². The number of hydrogen-bond donors (Lipinski definition) is 1. The lowest BCUT2D eigenvalue weighted by Crippen LogP contribution is -2.40. The van der Waals surface area contributed by atoms with Crippen LogP contribution in [0.15, 0.2) is 0 Å². The van der Waals surface area contributed by atoms with Gasteiger partial charge in [-0.1, -0.05) is 13.8 Å². The Balaban J connectivity index is 2.50. The molecule has 0 radical (unpaired) electrons. The van der Waals surface area contributed by atoms with E-state index in [1.165, 1.54) is 19.3 Å². The zero-order valence-electron chi connectivity index (χ0n) is 11.5. The SMILES string of the molecule is CC(C)CC(CCCN)C(=O)N1CCCCC1. The van der Waals surface area contributed by atoms with Crippen molar-refractivity contribution >= 4 is 5.91 Å². The first kappa shape index (κ1) is 14.5. The normalized spacial score (nSPS) is 18.5. The lowest BCUT2D eigenvalue weighted by molar-refractivity contribution is -0.137. The van der Waals surface area contributed by atoms with Gasteiger partial charge in [0.2, 0.25) is 5.91 Å². The van der Waals surface area contributed by atoms with E-state index in [2.05, 4.69) is 18.7 Å². The Bertz CT molecular complexity index is 222. The monoisotopic (exact) mass is 240 g/mol. The number of piperidine rings is 1. The van der Waals surface area contributed by atoms with Crippen molar-refractivity contribution in [3.8, 4) is 0 Å². The highest BCUT2D eigenvalue weighted by atomic mass is 16.2. The summed E-state index contributed by atoms with van der Waals surface area (Å²) in [5.41, 5.74) is 5.56. The van der Waals surface area contributed by atoms with E-state index in [-0.39, 0.29) is 5.92 Å². The fraction of sp³-hybridized carbons (Fsp3) is 0.929. The molecule has 1 atom stereocenters. The van der Waals surface area contributed by atoms with Crippen LogP contribution in [0, 0.1) is 11.8 Å². The van der Waals surface area contributed by atoms with Crippen molar-refractivity contribution in [2.24, 2.45) is 17.6 Å². The number of hydrogen-bond acceptors (Lipinski definition) is 2. The fourth-order valence-corrected chi connectivity index (χ4v) is 2.65. The molecule has 0 saturated carbocycles. The van der Waals surface area contributed by atoms with Crippen molar-refractivity contribution in [3.63, 3.8) is 0 Å². The summed E-state index contributed by atoms with van der Waals surface area (Å²) in [4.78, 5) is 14.5. The molecular formula is C14H28N2O. The topological polar surface area (TPSA) is 46.3 Å². The summed E-state index contributed by atoms with van der Waals surface area (Å²) in [6, 6.07) is 0. The van der Waals surface area contributed by atoms with Crippen molar-refractivity contribution in [1.29, 1.82) is 0 Å². The Morgan fingerprint density at radius 3 is 2.41 bits per heavy atom. The van der Waals surface area contributed by atoms with Crippen molar-refractivity contribution in [1.82, 2.24) is 4.90 Å². The summed E-state index contributed by atoms with van der Waals surface area (Å²) in [5.74, 6) is 1.18. The lowest BCUT2D eigenvalue weighted by atomic mass is 9.91. The van der Waals surface area contributed by atoms with Crippen LogP contribution in [0.1, 0.15) is 52.4 Å². The van der Waals surface area contributed by atoms with Gasteiger partial charge in [-0.25, -0.2) is 0 Å². The highest BCUT2D eigenvalue weighted by Gasteiger charge is 2.25. The molecule has 17 heavy (non-hydrogen) atoms. The maximum Gasteiger partial charge on any atom is 0.225 e. The zero-order chi connectivity index (χ0) is 12.7. The first-order chi connectivity index (χ1) is 8.15. The number of nitrogens with two attached hydrogens (primary N) is 1. The highest BCUT2D eigenvalue weighted by molar-refractivity contribution is 5.78. The second-order valence-electron chi connectivity index (χ2n) is 5.64. The molecule has 1 aliphatic rings. The van der Waals surface area contributed by atoms with Gasteiger partial charge in [-0.2, -0.15) is 0 Å². The first-order valence-corrected chi connectivity index (χ1v) is 7.14. The summed E-state index contributed by atoms with van der Waals surface area (Å²) >= 11 is 0. The predicted octanol–water partition coefficient (Wildman–Crippen LogP) is 2.40. The predicted molar refractivity (Wildman–Crippen MR) is 71.7 cm³/mol. The van der Waals surface area contributed by atoms with E-state index < -0.39 is 0 Å². The standard InChI is InChI=1S/C14H28N2O/c1-12(2)11-13(7-6-8-15)14(17)16-9-4-3-5-10-16/h12-13H,3-11,15H2,1-2H3. The largest absolute Gasteiger partial charge is 0.342 e. The summed E-state index contributed by atoms with van der Waals surface area (Å²) in [5, 5.41) is 0. The molecule has 1 aliphatic heterocycles.